The number of nitrogens with one attached hydrogen (secondary N) is 1. The van der Waals surface area contributed by atoms with Crippen LogP contribution in [0.1, 0.15) is 38.9 Å². The van der Waals surface area contributed by atoms with Gasteiger partial charge in [-0.2, -0.15) is 0 Å². The van der Waals surface area contributed by atoms with Crippen LogP contribution in [0.3, 0.4) is 0 Å². The van der Waals surface area contributed by atoms with Gasteiger partial charge < -0.3 is 10.1 Å². The largest absolute Gasteiger partial charge is 0.379 e. The molecule has 1 unspecified atom stereocenters. The van der Waals surface area contributed by atoms with E-state index in [0.29, 0.717) is 0 Å². The summed E-state index contributed by atoms with van der Waals surface area (Å²) in [6, 6.07) is 3.27. The SMILES string of the molecule is CC(C)OCCCNC(C)c1ccc(F)cn1. The Hall–Kier alpha value is -1.00. The number of nitrogens with zero attached hydrogens (tertiary/aromatic N) is 1. The second-order valence-electron chi connectivity index (χ2n) is 4.35. The average molecular weight is 240 g/mol. The van der Waals surface area contributed by atoms with E-state index in [1.807, 2.05) is 20.8 Å². The van der Waals surface area contributed by atoms with Crippen molar-refractivity contribution in [1.82, 2.24) is 10.3 Å². The van der Waals surface area contributed by atoms with Crippen molar-refractivity contribution < 1.29 is 9.13 Å². The number of ether oxygens (including phenoxy) is 1. The lowest BCUT2D eigenvalue weighted by atomic mass is 10.2. The van der Waals surface area contributed by atoms with Gasteiger partial charge in [0.15, 0.2) is 0 Å². The Morgan fingerprint density at radius 3 is 2.71 bits per heavy atom. The summed E-state index contributed by atoms with van der Waals surface area (Å²) in [5, 5.41) is 3.33. The molecule has 1 N–H and O–H groups in total. The van der Waals surface area contributed by atoms with Crippen molar-refractivity contribution in [1.29, 1.82) is 0 Å². The van der Waals surface area contributed by atoms with Gasteiger partial charge in [0.25, 0.3) is 0 Å². The molecule has 1 heterocycles. The van der Waals surface area contributed by atoms with Gasteiger partial charge in [-0.1, -0.05) is 0 Å². The molecule has 17 heavy (non-hydrogen) atoms. The van der Waals surface area contributed by atoms with Gasteiger partial charge in [0.2, 0.25) is 0 Å². The van der Waals surface area contributed by atoms with Gasteiger partial charge in [-0.3, -0.25) is 4.98 Å². The lowest BCUT2D eigenvalue weighted by molar-refractivity contribution is 0.0767. The number of aromatic nitrogens is 1. The highest BCUT2D eigenvalue weighted by Crippen LogP contribution is 2.09. The molecule has 4 heteroatoms. The van der Waals surface area contributed by atoms with Crippen molar-refractivity contribution in [3.05, 3.63) is 29.8 Å². The molecule has 0 bridgehead atoms. The molecule has 1 aromatic rings. The predicted molar refractivity (Wildman–Crippen MR) is 66.3 cm³/mol. The quantitative estimate of drug-likeness (QED) is 0.744. The number of rotatable bonds is 7. The maximum atomic E-state index is 12.7. The zero-order chi connectivity index (χ0) is 12.7. The van der Waals surface area contributed by atoms with Crippen molar-refractivity contribution in [3.63, 3.8) is 0 Å². The van der Waals surface area contributed by atoms with Crippen LogP contribution in [0.5, 0.6) is 0 Å². The first-order chi connectivity index (χ1) is 8.09. The lowest BCUT2D eigenvalue weighted by Crippen LogP contribution is -2.22. The van der Waals surface area contributed by atoms with Crippen molar-refractivity contribution in [3.8, 4) is 0 Å². The molecule has 0 aromatic carbocycles. The van der Waals surface area contributed by atoms with E-state index in [-0.39, 0.29) is 18.0 Å². The van der Waals surface area contributed by atoms with Gasteiger partial charge in [0.05, 0.1) is 18.0 Å². The molecule has 1 rings (SSSR count). The average Bonchev–Trinajstić information content (AvgIpc) is 2.29. The monoisotopic (exact) mass is 240 g/mol. The number of halogens is 1. The topological polar surface area (TPSA) is 34.1 Å². The van der Waals surface area contributed by atoms with Crippen LogP contribution in [-0.4, -0.2) is 24.2 Å². The first-order valence-electron chi connectivity index (χ1n) is 6.06. The maximum absolute atomic E-state index is 12.7. The van der Waals surface area contributed by atoms with E-state index in [2.05, 4.69) is 10.3 Å². The molecule has 0 aliphatic carbocycles. The van der Waals surface area contributed by atoms with E-state index < -0.39 is 0 Å². The van der Waals surface area contributed by atoms with E-state index in [1.54, 1.807) is 6.07 Å². The molecule has 0 radical (unpaired) electrons. The molecule has 0 aliphatic rings. The van der Waals surface area contributed by atoms with E-state index >= 15 is 0 Å². The fourth-order valence-corrected chi connectivity index (χ4v) is 1.46. The van der Waals surface area contributed by atoms with Crippen LogP contribution in [0.25, 0.3) is 0 Å². The van der Waals surface area contributed by atoms with Crippen LogP contribution in [0.15, 0.2) is 18.3 Å². The Kier molecular flexibility index (Phi) is 6.08. The minimum atomic E-state index is -0.300. The van der Waals surface area contributed by atoms with Gasteiger partial charge in [0.1, 0.15) is 5.82 Å². The van der Waals surface area contributed by atoms with Gasteiger partial charge >= 0.3 is 0 Å². The Morgan fingerprint density at radius 1 is 1.35 bits per heavy atom. The summed E-state index contributed by atoms with van der Waals surface area (Å²) < 4.78 is 18.1. The van der Waals surface area contributed by atoms with Gasteiger partial charge in [0, 0.05) is 12.6 Å². The molecule has 0 spiro atoms. The van der Waals surface area contributed by atoms with Crippen LogP contribution < -0.4 is 5.32 Å². The van der Waals surface area contributed by atoms with Gasteiger partial charge in [-0.05, 0) is 45.9 Å². The van der Waals surface area contributed by atoms with Crippen LogP contribution in [-0.2, 0) is 4.74 Å². The Bertz CT molecular complexity index is 314. The summed E-state index contributed by atoms with van der Waals surface area (Å²) >= 11 is 0. The highest BCUT2D eigenvalue weighted by Gasteiger charge is 2.05. The second kappa shape index (κ2) is 7.35. The molecular formula is C13H21FN2O. The fourth-order valence-electron chi connectivity index (χ4n) is 1.46. The molecule has 0 fully saturated rings. The maximum Gasteiger partial charge on any atom is 0.141 e. The van der Waals surface area contributed by atoms with Crippen LogP contribution in [0, 0.1) is 5.82 Å². The highest BCUT2D eigenvalue weighted by molar-refractivity contribution is 5.08. The minimum absolute atomic E-state index is 0.134. The molecular weight excluding hydrogens is 219 g/mol. The normalized spacial score (nSPS) is 13.0. The van der Waals surface area contributed by atoms with E-state index in [9.17, 15) is 4.39 Å². The molecule has 0 saturated heterocycles. The highest BCUT2D eigenvalue weighted by atomic mass is 19.1. The molecule has 1 atom stereocenters. The molecule has 96 valence electrons. The predicted octanol–water partition coefficient (Wildman–Crippen LogP) is 2.69. The van der Waals surface area contributed by atoms with E-state index in [4.69, 9.17) is 4.74 Å². The van der Waals surface area contributed by atoms with Crippen molar-refractivity contribution in [2.45, 2.75) is 39.3 Å². The van der Waals surface area contributed by atoms with Crippen molar-refractivity contribution >= 4 is 0 Å². The van der Waals surface area contributed by atoms with Gasteiger partial charge in [-0.25, -0.2) is 4.39 Å². The zero-order valence-electron chi connectivity index (χ0n) is 10.7. The first kappa shape index (κ1) is 14.1. The molecule has 0 aliphatic heterocycles. The summed E-state index contributed by atoms with van der Waals surface area (Å²) in [6.45, 7) is 7.70. The van der Waals surface area contributed by atoms with E-state index in [0.717, 1.165) is 25.3 Å². The summed E-state index contributed by atoms with van der Waals surface area (Å²) in [5.74, 6) is -0.300. The smallest absolute Gasteiger partial charge is 0.141 e. The number of hydrogen-bond donors (Lipinski definition) is 1. The molecule has 0 saturated carbocycles. The van der Waals surface area contributed by atoms with Crippen molar-refractivity contribution in [2.75, 3.05) is 13.2 Å². The fraction of sp³-hybridized carbons (Fsp3) is 0.615. The third kappa shape index (κ3) is 5.75. The molecule has 1 aromatic heterocycles. The molecule has 3 nitrogen and oxygen atoms in total. The Labute approximate surface area is 102 Å². The summed E-state index contributed by atoms with van der Waals surface area (Å²) in [6.07, 6.45) is 2.49. The summed E-state index contributed by atoms with van der Waals surface area (Å²) in [7, 11) is 0. The standard InChI is InChI=1S/C13H21FN2O/c1-10(2)17-8-4-7-15-11(3)13-6-5-12(14)9-16-13/h5-6,9-11,15H,4,7-8H2,1-3H3. The van der Waals surface area contributed by atoms with Crippen molar-refractivity contribution in [2.24, 2.45) is 0 Å². The summed E-state index contributed by atoms with van der Waals surface area (Å²) in [4.78, 5) is 4.04. The lowest BCUT2D eigenvalue weighted by Gasteiger charge is -2.13. The summed E-state index contributed by atoms with van der Waals surface area (Å²) in [5.41, 5.74) is 0.858. The minimum Gasteiger partial charge on any atom is -0.379 e. The van der Waals surface area contributed by atoms with Crippen LogP contribution in [0.2, 0.25) is 0 Å². The molecule has 0 amide bonds. The second-order valence-corrected chi connectivity index (χ2v) is 4.35. The van der Waals surface area contributed by atoms with Crippen LogP contribution in [0.4, 0.5) is 4.39 Å². The number of hydrogen-bond acceptors (Lipinski definition) is 3. The zero-order valence-corrected chi connectivity index (χ0v) is 10.7. The third-order valence-electron chi connectivity index (χ3n) is 2.42. The third-order valence-corrected chi connectivity index (χ3v) is 2.42. The number of pyridine rings is 1. The Balaban J connectivity index is 2.21. The first-order valence-corrected chi connectivity index (χ1v) is 6.06. The van der Waals surface area contributed by atoms with Crippen LogP contribution >= 0.6 is 0 Å². The van der Waals surface area contributed by atoms with Gasteiger partial charge in [-0.15, -0.1) is 0 Å². The Morgan fingerprint density at radius 2 is 2.12 bits per heavy atom. The van der Waals surface area contributed by atoms with E-state index in [1.165, 1.54) is 12.3 Å².